The molecule has 0 bridgehead atoms. The second-order valence-electron chi connectivity index (χ2n) is 5.06. The highest BCUT2D eigenvalue weighted by molar-refractivity contribution is 7.71. The van der Waals surface area contributed by atoms with Crippen LogP contribution in [0.25, 0.3) is 0 Å². The van der Waals surface area contributed by atoms with Crippen LogP contribution in [-0.2, 0) is 27.2 Å². The number of aromatic nitrogens is 2. The number of hydrogen-bond acceptors (Lipinski definition) is 10. The molecule has 1 aliphatic rings. The number of H-pyrrole nitrogens is 1. The molecule has 0 amide bonds. The molecule has 0 aliphatic carbocycles. The van der Waals surface area contributed by atoms with E-state index in [0.29, 0.717) is 0 Å². The zero-order valence-corrected chi connectivity index (χ0v) is 15.7. The molecule has 1 aromatic heterocycles. The van der Waals surface area contributed by atoms with Gasteiger partial charge in [0.25, 0.3) is 5.56 Å². The van der Waals surface area contributed by atoms with Crippen LogP contribution < -0.4 is 5.56 Å². The van der Waals surface area contributed by atoms with Crippen molar-refractivity contribution in [1.82, 2.24) is 9.55 Å². The first-order valence-corrected chi connectivity index (χ1v) is 10.3. The van der Waals surface area contributed by atoms with E-state index >= 15 is 0 Å². The molecular weight excluding hydrogens is 418 g/mol. The Labute approximate surface area is 151 Å². The van der Waals surface area contributed by atoms with Crippen molar-refractivity contribution in [2.75, 3.05) is 13.7 Å². The van der Waals surface area contributed by atoms with Gasteiger partial charge in [-0.1, -0.05) is 0 Å². The van der Waals surface area contributed by atoms with Gasteiger partial charge in [-0.2, -0.15) is 4.31 Å². The van der Waals surface area contributed by atoms with Crippen LogP contribution in [0.3, 0.4) is 0 Å². The van der Waals surface area contributed by atoms with Crippen LogP contribution in [0, 0.1) is 4.77 Å². The quantitative estimate of drug-likeness (QED) is 0.271. The lowest BCUT2D eigenvalue weighted by atomic mass is 10.1. The molecular formula is C10H16N2O11P2S. The molecule has 26 heavy (non-hydrogen) atoms. The molecule has 6 atom stereocenters. The standard InChI is InChI=1S/C10H16N2O11P2S/c1-20-24(16,17)23-25(18,19)21-4-5-7(14)8(15)9(22-5)12-3-2-6(13)11-10(12)26/h2-3,5,7-9,14-15H,4H2,1H3,(H,16,17)(H,18,19)(H,11,13,26)/t5-,7-,8-,9-/m1/s1. The van der Waals surface area contributed by atoms with Crippen LogP contribution in [0.4, 0.5) is 0 Å². The van der Waals surface area contributed by atoms with Crippen molar-refractivity contribution in [3.8, 4) is 0 Å². The minimum atomic E-state index is -5.02. The third-order valence-electron chi connectivity index (χ3n) is 3.30. The van der Waals surface area contributed by atoms with E-state index in [9.17, 15) is 29.0 Å². The molecule has 2 heterocycles. The topological polar surface area (TPSA) is 190 Å². The third kappa shape index (κ3) is 5.15. The van der Waals surface area contributed by atoms with Crippen molar-refractivity contribution in [1.29, 1.82) is 0 Å². The lowest BCUT2D eigenvalue weighted by molar-refractivity contribution is -0.0533. The van der Waals surface area contributed by atoms with Gasteiger partial charge in [-0.25, -0.2) is 9.13 Å². The summed E-state index contributed by atoms with van der Waals surface area (Å²) in [7, 11) is -9.04. The summed E-state index contributed by atoms with van der Waals surface area (Å²) in [6.45, 7) is -0.775. The zero-order chi connectivity index (χ0) is 19.7. The molecule has 5 N–H and O–H groups in total. The Morgan fingerprint density at radius 2 is 1.96 bits per heavy atom. The van der Waals surface area contributed by atoms with Crippen LogP contribution in [-0.4, -0.2) is 61.6 Å². The number of rotatable bonds is 7. The van der Waals surface area contributed by atoms with E-state index in [1.165, 1.54) is 6.20 Å². The van der Waals surface area contributed by atoms with E-state index in [2.05, 4.69) is 18.3 Å². The molecule has 1 aliphatic heterocycles. The number of hydrogen-bond donors (Lipinski definition) is 5. The first kappa shape index (κ1) is 21.5. The number of phosphoric ester groups is 2. The minimum absolute atomic E-state index is 0.0900. The second kappa shape index (κ2) is 8.09. The predicted molar refractivity (Wildman–Crippen MR) is 85.5 cm³/mol. The molecule has 0 radical (unpaired) electrons. The van der Waals surface area contributed by atoms with Crippen molar-refractivity contribution in [3.05, 3.63) is 27.4 Å². The summed E-state index contributed by atoms with van der Waals surface area (Å²) in [5.41, 5.74) is -0.482. The highest BCUT2D eigenvalue weighted by atomic mass is 32.1. The van der Waals surface area contributed by atoms with Crippen molar-refractivity contribution < 1.29 is 47.2 Å². The number of aliphatic hydroxyl groups excluding tert-OH is 2. The first-order valence-electron chi connectivity index (χ1n) is 6.86. The lowest BCUT2D eigenvalue weighted by Gasteiger charge is -2.18. The van der Waals surface area contributed by atoms with Gasteiger partial charge in [-0.15, -0.1) is 0 Å². The maximum absolute atomic E-state index is 11.6. The Morgan fingerprint density at radius 1 is 1.31 bits per heavy atom. The maximum Gasteiger partial charge on any atom is 0.481 e. The summed E-state index contributed by atoms with van der Waals surface area (Å²) >= 11 is 4.93. The average Bonchev–Trinajstić information content (AvgIpc) is 2.80. The Kier molecular flexibility index (Phi) is 6.70. The van der Waals surface area contributed by atoms with Gasteiger partial charge < -0.3 is 24.7 Å². The van der Waals surface area contributed by atoms with Crippen LogP contribution in [0.5, 0.6) is 0 Å². The Bertz CT molecular complexity index is 856. The number of aliphatic hydroxyl groups is 2. The van der Waals surface area contributed by atoms with Gasteiger partial charge in [0.15, 0.2) is 11.0 Å². The van der Waals surface area contributed by atoms with Gasteiger partial charge in [0, 0.05) is 19.4 Å². The number of phosphoric acid groups is 2. The van der Waals surface area contributed by atoms with Crippen molar-refractivity contribution in [3.63, 3.8) is 0 Å². The van der Waals surface area contributed by atoms with Crippen LogP contribution in [0.15, 0.2) is 17.1 Å². The van der Waals surface area contributed by atoms with Crippen molar-refractivity contribution in [2.24, 2.45) is 0 Å². The predicted octanol–water partition coefficient (Wildman–Crippen LogP) is -0.595. The number of nitrogens with zero attached hydrogens (tertiary/aromatic N) is 1. The number of nitrogens with one attached hydrogen (secondary N) is 1. The molecule has 2 rings (SSSR count). The smallest absolute Gasteiger partial charge is 0.387 e. The second-order valence-corrected chi connectivity index (χ2v) is 8.60. The van der Waals surface area contributed by atoms with Gasteiger partial charge in [0.1, 0.15) is 18.3 Å². The largest absolute Gasteiger partial charge is 0.481 e. The van der Waals surface area contributed by atoms with Gasteiger partial charge in [-0.3, -0.25) is 23.4 Å². The van der Waals surface area contributed by atoms with Crippen LogP contribution >= 0.6 is 27.9 Å². The first-order chi connectivity index (χ1) is 12.0. The summed E-state index contributed by atoms with van der Waals surface area (Å²) in [5, 5.41) is 20.1. The average molecular weight is 434 g/mol. The maximum atomic E-state index is 11.6. The van der Waals surface area contributed by atoms with Crippen LogP contribution in [0.1, 0.15) is 6.23 Å². The third-order valence-corrected chi connectivity index (χ3v) is 6.20. The zero-order valence-electron chi connectivity index (χ0n) is 13.1. The minimum Gasteiger partial charge on any atom is -0.387 e. The fourth-order valence-electron chi connectivity index (χ4n) is 2.08. The van der Waals surface area contributed by atoms with Gasteiger partial charge in [-0.05, 0) is 12.2 Å². The molecule has 1 aromatic rings. The van der Waals surface area contributed by atoms with Gasteiger partial charge >= 0.3 is 15.6 Å². The Morgan fingerprint density at radius 3 is 2.54 bits per heavy atom. The van der Waals surface area contributed by atoms with E-state index in [1.807, 2.05) is 0 Å². The lowest BCUT2D eigenvalue weighted by Crippen LogP contribution is -2.34. The molecule has 13 nitrogen and oxygen atoms in total. The molecule has 2 unspecified atom stereocenters. The molecule has 16 heteroatoms. The van der Waals surface area contributed by atoms with E-state index in [0.717, 1.165) is 17.7 Å². The molecule has 148 valence electrons. The summed E-state index contributed by atoms with van der Waals surface area (Å²) in [6.07, 6.45) is -4.37. The highest BCUT2D eigenvalue weighted by Gasteiger charge is 2.45. The summed E-state index contributed by atoms with van der Waals surface area (Å²) in [5.74, 6) is 0. The molecule has 0 spiro atoms. The van der Waals surface area contributed by atoms with Gasteiger partial charge in [0.2, 0.25) is 0 Å². The molecule has 0 aromatic carbocycles. The van der Waals surface area contributed by atoms with Crippen molar-refractivity contribution in [2.45, 2.75) is 24.5 Å². The van der Waals surface area contributed by atoms with Crippen LogP contribution in [0.2, 0.25) is 0 Å². The normalized spacial score (nSPS) is 30.7. The van der Waals surface area contributed by atoms with E-state index in [4.69, 9.17) is 21.8 Å². The summed E-state index contributed by atoms with van der Waals surface area (Å²) < 4.78 is 41.6. The highest BCUT2D eigenvalue weighted by Crippen LogP contribution is 2.60. The van der Waals surface area contributed by atoms with Gasteiger partial charge in [0.05, 0.1) is 6.61 Å². The monoisotopic (exact) mass is 434 g/mol. The summed E-state index contributed by atoms with van der Waals surface area (Å²) in [6, 6.07) is 1.11. The van der Waals surface area contributed by atoms with E-state index < -0.39 is 52.4 Å². The SMILES string of the molecule is COP(=O)(O)OP(=O)(O)OC[C@H]1O[C@@H](n2ccc(=O)[nH]c2=S)[C@H](O)[C@@H]1O. The molecule has 1 fully saturated rings. The summed E-state index contributed by atoms with van der Waals surface area (Å²) in [4.78, 5) is 31.9. The fourth-order valence-corrected chi connectivity index (χ4v) is 4.18. The van der Waals surface area contributed by atoms with E-state index in [-0.39, 0.29) is 4.77 Å². The Hall–Kier alpha value is -0.760. The number of ether oxygens (including phenoxy) is 1. The van der Waals surface area contributed by atoms with Crippen molar-refractivity contribution >= 4 is 27.9 Å². The Balaban J connectivity index is 2.08. The van der Waals surface area contributed by atoms with E-state index in [1.54, 1.807) is 0 Å². The molecule has 0 saturated carbocycles. The molecule has 1 saturated heterocycles. The fraction of sp³-hybridized carbons (Fsp3) is 0.600. The number of aromatic amines is 1.